The fourth-order valence-electron chi connectivity index (χ4n) is 1.20. The summed E-state index contributed by atoms with van der Waals surface area (Å²) in [4.78, 5) is 4.30. The number of nitrogens with zero attached hydrogens (tertiary/aromatic N) is 3. The number of nitrogens with one attached hydrogen (secondary N) is 1. The summed E-state index contributed by atoms with van der Waals surface area (Å²) in [5.41, 5.74) is 0.797. The second-order valence-corrected chi connectivity index (χ2v) is 4.43. The summed E-state index contributed by atoms with van der Waals surface area (Å²) in [6.07, 6.45) is 3.81. The third-order valence-electron chi connectivity index (χ3n) is 1.88. The summed E-state index contributed by atoms with van der Waals surface area (Å²) in [6, 6.07) is 3.65. The monoisotopic (exact) mass is 242 g/mol. The maximum atomic E-state index is 5.84. The van der Waals surface area contributed by atoms with E-state index in [1.807, 2.05) is 6.07 Å². The van der Waals surface area contributed by atoms with Crippen LogP contribution < -0.4 is 5.32 Å². The Labute approximate surface area is 97.0 Å². The van der Waals surface area contributed by atoms with Gasteiger partial charge in [0, 0.05) is 18.5 Å². The van der Waals surface area contributed by atoms with Gasteiger partial charge in [-0.3, -0.25) is 0 Å². The van der Waals surface area contributed by atoms with Gasteiger partial charge in [-0.05, 0) is 18.4 Å². The lowest BCUT2D eigenvalue weighted by molar-refractivity contribution is 0.956. The minimum absolute atomic E-state index is 0.645. The van der Waals surface area contributed by atoms with Crippen LogP contribution in [-0.4, -0.2) is 33.2 Å². The van der Waals surface area contributed by atoms with Gasteiger partial charge in [0.25, 0.3) is 0 Å². The van der Waals surface area contributed by atoms with E-state index in [2.05, 4.69) is 21.7 Å². The zero-order valence-corrected chi connectivity index (χ0v) is 9.85. The molecule has 0 spiro atoms. The van der Waals surface area contributed by atoms with Crippen molar-refractivity contribution in [2.45, 2.75) is 0 Å². The Morgan fingerprint density at radius 3 is 3.20 bits per heavy atom. The molecule has 15 heavy (non-hydrogen) atoms. The molecule has 0 radical (unpaired) electrons. The van der Waals surface area contributed by atoms with E-state index in [4.69, 9.17) is 11.6 Å². The minimum atomic E-state index is 0.645. The van der Waals surface area contributed by atoms with Crippen molar-refractivity contribution in [1.29, 1.82) is 0 Å². The van der Waals surface area contributed by atoms with Gasteiger partial charge in [0.05, 0.1) is 5.02 Å². The van der Waals surface area contributed by atoms with E-state index >= 15 is 0 Å². The van der Waals surface area contributed by atoms with E-state index in [9.17, 15) is 0 Å². The van der Waals surface area contributed by atoms with Gasteiger partial charge in [0.15, 0.2) is 5.65 Å². The predicted molar refractivity (Wildman–Crippen MR) is 64.9 cm³/mol. The van der Waals surface area contributed by atoms with Gasteiger partial charge in [0.1, 0.15) is 0 Å². The third-order valence-corrected chi connectivity index (χ3v) is 2.72. The number of rotatable bonds is 4. The third kappa shape index (κ3) is 2.54. The van der Waals surface area contributed by atoms with Crippen molar-refractivity contribution in [3.05, 3.63) is 23.4 Å². The van der Waals surface area contributed by atoms with Gasteiger partial charge in [0.2, 0.25) is 5.95 Å². The molecule has 0 aromatic carbocycles. The molecule has 0 atom stereocenters. The Balaban J connectivity index is 2.16. The summed E-state index contributed by atoms with van der Waals surface area (Å²) < 4.78 is 1.67. The molecule has 6 heteroatoms. The number of aromatic nitrogens is 3. The number of halogens is 1. The quantitative estimate of drug-likeness (QED) is 0.835. The predicted octanol–water partition coefficient (Wildman–Crippen LogP) is 2.16. The molecule has 0 aliphatic heterocycles. The number of thioether (sulfide) groups is 1. The molecule has 0 amide bonds. The van der Waals surface area contributed by atoms with Crippen LogP contribution in [0.3, 0.4) is 0 Å². The molecule has 2 rings (SSSR count). The first-order chi connectivity index (χ1) is 7.29. The van der Waals surface area contributed by atoms with Crippen molar-refractivity contribution >= 4 is 35.0 Å². The number of fused-ring (bicyclic) bond motifs is 1. The van der Waals surface area contributed by atoms with Crippen molar-refractivity contribution in [2.24, 2.45) is 0 Å². The summed E-state index contributed by atoms with van der Waals surface area (Å²) in [5.74, 6) is 1.68. The number of pyridine rings is 1. The largest absolute Gasteiger partial charge is 0.352 e. The van der Waals surface area contributed by atoms with Gasteiger partial charge in [-0.25, -0.2) is 4.52 Å². The first kappa shape index (κ1) is 10.6. The minimum Gasteiger partial charge on any atom is -0.352 e. The lowest BCUT2D eigenvalue weighted by Gasteiger charge is -1.97. The van der Waals surface area contributed by atoms with E-state index in [1.54, 1.807) is 28.5 Å². The Morgan fingerprint density at radius 1 is 1.53 bits per heavy atom. The van der Waals surface area contributed by atoms with Gasteiger partial charge in [-0.15, -0.1) is 5.10 Å². The Morgan fingerprint density at radius 2 is 2.40 bits per heavy atom. The average molecular weight is 243 g/mol. The SMILES string of the molecule is CSCCNc1nc2ccc(Cl)cn2n1. The molecular weight excluding hydrogens is 232 g/mol. The van der Waals surface area contributed by atoms with Crippen LogP contribution >= 0.6 is 23.4 Å². The van der Waals surface area contributed by atoms with Gasteiger partial charge in [-0.2, -0.15) is 16.7 Å². The van der Waals surface area contributed by atoms with Crippen LogP contribution in [0.4, 0.5) is 5.95 Å². The molecule has 0 bridgehead atoms. The van der Waals surface area contributed by atoms with E-state index in [0.717, 1.165) is 17.9 Å². The average Bonchev–Trinajstić information content (AvgIpc) is 2.60. The summed E-state index contributed by atoms with van der Waals surface area (Å²) in [6.45, 7) is 0.867. The van der Waals surface area contributed by atoms with Gasteiger partial charge in [-0.1, -0.05) is 11.6 Å². The van der Waals surface area contributed by atoms with Crippen molar-refractivity contribution in [1.82, 2.24) is 14.6 Å². The van der Waals surface area contributed by atoms with Crippen molar-refractivity contribution in [3.63, 3.8) is 0 Å². The second kappa shape index (κ2) is 4.72. The zero-order valence-electron chi connectivity index (χ0n) is 8.27. The number of anilines is 1. The number of hydrogen-bond acceptors (Lipinski definition) is 4. The first-order valence-corrected chi connectivity index (χ1v) is 6.31. The fraction of sp³-hybridized carbons (Fsp3) is 0.333. The molecule has 0 saturated carbocycles. The van der Waals surface area contributed by atoms with E-state index in [-0.39, 0.29) is 0 Å². The topological polar surface area (TPSA) is 42.2 Å². The molecule has 0 saturated heterocycles. The number of hydrogen-bond donors (Lipinski definition) is 1. The molecule has 0 fully saturated rings. The highest BCUT2D eigenvalue weighted by atomic mass is 35.5. The van der Waals surface area contributed by atoms with Crippen LogP contribution in [0.25, 0.3) is 5.65 Å². The van der Waals surface area contributed by atoms with Crippen LogP contribution in [-0.2, 0) is 0 Å². The summed E-state index contributed by atoms with van der Waals surface area (Å²) in [7, 11) is 0. The van der Waals surface area contributed by atoms with Gasteiger partial charge < -0.3 is 5.32 Å². The van der Waals surface area contributed by atoms with Gasteiger partial charge >= 0.3 is 0 Å². The molecule has 2 heterocycles. The molecule has 2 aromatic rings. The van der Waals surface area contributed by atoms with E-state index in [0.29, 0.717) is 11.0 Å². The first-order valence-electron chi connectivity index (χ1n) is 4.54. The second-order valence-electron chi connectivity index (χ2n) is 3.01. The standard InChI is InChI=1S/C9H11ClN4S/c1-15-5-4-11-9-12-8-3-2-7(10)6-14(8)13-9/h2-3,6H,4-5H2,1H3,(H,11,13). The zero-order chi connectivity index (χ0) is 10.7. The highest BCUT2D eigenvalue weighted by Crippen LogP contribution is 2.11. The Kier molecular flexibility index (Phi) is 3.33. The maximum absolute atomic E-state index is 5.84. The molecule has 0 unspecified atom stereocenters. The molecule has 0 aliphatic rings. The molecule has 4 nitrogen and oxygen atoms in total. The van der Waals surface area contributed by atoms with Crippen LogP contribution in [0.1, 0.15) is 0 Å². The Hall–Kier alpha value is -0.940. The highest BCUT2D eigenvalue weighted by Gasteiger charge is 2.02. The van der Waals surface area contributed by atoms with Crippen LogP contribution in [0.15, 0.2) is 18.3 Å². The normalized spacial score (nSPS) is 10.8. The van der Waals surface area contributed by atoms with Crippen LogP contribution in [0.2, 0.25) is 5.02 Å². The van der Waals surface area contributed by atoms with Crippen molar-refractivity contribution < 1.29 is 0 Å². The molecular formula is C9H11ClN4S. The summed E-state index contributed by atoms with van der Waals surface area (Å²) in [5, 5.41) is 8.05. The lowest BCUT2D eigenvalue weighted by Crippen LogP contribution is -2.05. The Bertz CT molecular complexity index is 456. The molecule has 2 aromatic heterocycles. The van der Waals surface area contributed by atoms with Crippen molar-refractivity contribution in [3.8, 4) is 0 Å². The lowest BCUT2D eigenvalue weighted by atomic mass is 10.5. The highest BCUT2D eigenvalue weighted by molar-refractivity contribution is 7.98. The van der Waals surface area contributed by atoms with Crippen LogP contribution in [0.5, 0.6) is 0 Å². The molecule has 1 N–H and O–H groups in total. The van der Waals surface area contributed by atoms with E-state index < -0.39 is 0 Å². The van der Waals surface area contributed by atoms with Crippen molar-refractivity contribution in [2.75, 3.05) is 23.9 Å². The summed E-state index contributed by atoms with van der Waals surface area (Å²) >= 11 is 7.63. The smallest absolute Gasteiger partial charge is 0.243 e. The van der Waals surface area contributed by atoms with Crippen LogP contribution in [0, 0.1) is 0 Å². The molecule has 0 aliphatic carbocycles. The maximum Gasteiger partial charge on any atom is 0.243 e. The molecule has 80 valence electrons. The van der Waals surface area contributed by atoms with E-state index in [1.165, 1.54) is 0 Å². The fourth-order valence-corrected chi connectivity index (χ4v) is 1.66.